The van der Waals surface area contributed by atoms with Gasteiger partial charge in [0.05, 0.1) is 6.04 Å². The molecule has 2 rings (SSSR count). The first kappa shape index (κ1) is 20.7. The Kier molecular flexibility index (Phi) is 5.50. The Bertz CT molecular complexity index is 883. The topological polar surface area (TPSA) is 126 Å². The van der Waals surface area contributed by atoms with Gasteiger partial charge in [0.1, 0.15) is 5.60 Å². The summed E-state index contributed by atoms with van der Waals surface area (Å²) in [7, 11) is 0. The molecule has 2 amide bonds. The molecule has 0 aliphatic carbocycles. The van der Waals surface area contributed by atoms with Crippen molar-refractivity contribution in [2.24, 2.45) is 5.41 Å². The van der Waals surface area contributed by atoms with E-state index >= 15 is 0 Å². The predicted molar refractivity (Wildman–Crippen MR) is 98.7 cm³/mol. The van der Waals surface area contributed by atoms with Gasteiger partial charge in [-0.1, -0.05) is 25.9 Å². The number of aromatic amines is 1. The average molecular weight is 397 g/mol. The van der Waals surface area contributed by atoms with Crippen LogP contribution >= 0.6 is 11.3 Å². The number of carbonyl (C=O) groups excluding carboxylic acids is 1. The quantitative estimate of drug-likeness (QED) is 0.798. The Morgan fingerprint density at radius 1 is 1.30 bits per heavy atom. The number of nitrogens with zero attached hydrogens (tertiary/aromatic N) is 2. The van der Waals surface area contributed by atoms with E-state index in [9.17, 15) is 19.5 Å². The van der Waals surface area contributed by atoms with Gasteiger partial charge in [0.25, 0.3) is 0 Å². The maximum Gasteiger partial charge on any atom is 0.439 e. The van der Waals surface area contributed by atoms with Gasteiger partial charge in [-0.3, -0.25) is 9.51 Å². The summed E-state index contributed by atoms with van der Waals surface area (Å²) in [6.45, 7) is 10.5. The van der Waals surface area contributed by atoms with Crippen LogP contribution in [0.4, 0.5) is 9.59 Å². The number of H-pyrrole nitrogens is 1. The van der Waals surface area contributed by atoms with Crippen molar-refractivity contribution >= 4 is 23.5 Å². The molecule has 0 saturated heterocycles. The molecule has 0 fully saturated rings. The van der Waals surface area contributed by atoms with Crippen LogP contribution in [0.1, 0.15) is 52.5 Å². The minimum absolute atomic E-state index is 0.231. The number of thiophene rings is 1. The van der Waals surface area contributed by atoms with Gasteiger partial charge in [-0.15, -0.1) is 11.3 Å². The summed E-state index contributed by atoms with van der Waals surface area (Å²) in [6.07, 6.45) is -2.35. The number of amides is 2. The zero-order valence-corrected chi connectivity index (χ0v) is 16.8. The number of ether oxygens (including phenoxy) is 1. The molecule has 148 valence electrons. The molecule has 0 bridgehead atoms. The molecule has 2 heterocycles. The van der Waals surface area contributed by atoms with Gasteiger partial charge >= 0.3 is 17.9 Å². The molecule has 2 aromatic heterocycles. The van der Waals surface area contributed by atoms with Crippen molar-refractivity contribution in [2.75, 3.05) is 0 Å². The third-order valence-electron chi connectivity index (χ3n) is 3.48. The van der Waals surface area contributed by atoms with Gasteiger partial charge in [0.15, 0.2) is 5.82 Å². The van der Waals surface area contributed by atoms with E-state index in [1.807, 2.05) is 20.8 Å². The van der Waals surface area contributed by atoms with Crippen molar-refractivity contribution in [1.29, 1.82) is 0 Å². The number of imide groups is 1. The zero-order valence-electron chi connectivity index (χ0n) is 16.0. The standard InChI is InChI=1S/C17H23N3O6S/c1-16(2,3)11(20(14(22)23)15(24)25-17(4,5)6)10-7-9(8-27-10)12-18-13(21)26-19-12/h7-8,11H,1-6H3,(H,22,23)(H,18,19,21). The van der Waals surface area contributed by atoms with E-state index in [-0.39, 0.29) is 5.82 Å². The minimum atomic E-state index is -1.41. The molecular formula is C17H23N3O6S. The molecule has 1 unspecified atom stereocenters. The fraction of sp³-hybridized carbons (Fsp3) is 0.529. The molecule has 10 heteroatoms. The summed E-state index contributed by atoms with van der Waals surface area (Å²) in [6, 6.07) is 0.872. The van der Waals surface area contributed by atoms with E-state index in [1.165, 1.54) is 11.3 Å². The summed E-state index contributed by atoms with van der Waals surface area (Å²) in [5.74, 6) is -0.458. The molecule has 2 aromatic rings. The molecule has 0 aromatic carbocycles. The highest BCUT2D eigenvalue weighted by atomic mass is 32.1. The average Bonchev–Trinajstić information content (AvgIpc) is 3.09. The van der Waals surface area contributed by atoms with Crippen molar-refractivity contribution in [2.45, 2.75) is 53.2 Å². The number of rotatable bonds is 3. The SMILES string of the molecule is CC(C)(C)OC(=O)N(C(=O)O)C(c1cc(-c2noc(=O)[nH]2)cs1)C(C)(C)C. The third-order valence-corrected chi connectivity index (χ3v) is 4.46. The van der Waals surface area contributed by atoms with Gasteiger partial charge in [0.2, 0.25) is 0 Å². The van der Waals surface area contributed by atoms with Crippen molar-refractivity contribution < 1.29 is 24.0 Å². The van der Waals surface area contributed by atoms with E-state index in [0.29, 0.717) is 15.3 Å². The van der Waals surface area contributed by atoms with Crippen LogP contribution in [-0.2, 0) is 4.74 Å². The monoisotopic (exact) mass is 397 g/mol. The van der Waals surface area contributed by atoms with Gasteiger partial charge < -0.3 is 9.84 Å². The number of carbonyl (C=O) groups is 2. The molecule has 1 atom stereocenters. The second kappa shape index (κ2) is 7.18. The summed E-state index contributed by atoms with van der Waals surface area (Å²) >= 11 is 1.25. The molecule has 0 saturated carbocycles. The van der Waals surface area contributed by atoms with Crippen molar-refractivity contribution in [1.82, 2.24) is 15.0 Å². The fourth-order valence-electron chi connectivity index (χ4n) is 2.52. The number of nitrogens with one attached hydrogen (secondary N) is 1. The Hall–Kier alpha value is -2.62. The first-order chi connectivity index (χ1) is 12.3. The molecule has 0 spiro atoms. The van der Waals surface area contributed by atoms with E-state index in [4.69, 9.17) is 4.74 Å². The lowest BCUT2D eigenvalue weighted by Gasteiger charge is -2.37. The van der Waals surface area contributed by atoms with Crippen molar-refractivity contribution in [3.63, 3.8) is 0 Å². The van der Waals surface area contributed by atoms with Crippen LogP contribution in [0.15, 0.2) is 20.8 Å². The maximum atomic E-state index is 12.6. The van der Waals surface area contributed by atoms with Crippen molar-refractivity contribution in [3.05, 3.63) is 26.9 Å². The van der Waals surface area contributed by atoms with Crippen molar-refractivity contribution in [3.8, 4) is 11.4 Å². The first-order valence-corrected chi connectivity index (χ1v) is 9.07. The van der Waals surface area contributed by atoms with Gasteiger partial charge in [0, 0.05) is 15.8 Å². The van der Waals surface area contributed by atoms with Crippen LogP contribution in [0.25, 0.3) is 11.4 Å². The zero-order chi connectivity index (χ0) is 20.6. The number of aromatic nitrogens is 2. The van der Waals surface area contributed by atoms with Gasteiger partial charge in [-0.2, -0.15) is 0 Å². The van der Waals surface area contributed by atoms with Crippen LogP contribution in [-0.4, -0.2) is 37.9 Å². The Balaban J connectivity index is 2.48. The van der Waals surface area contributed by atoms with E-state index in [0.717, 1.165) is 0 Å². The summed E-state index contributed by atoms with van der Waals surface area (Å²) in [5.41, 5.74) is -0.896. The lowest BCUT2D eigenvalue weighted by molar-refractivity contribution is 0.00672. The highest BCUT2D eigenvalue weighted by Crippen LogP contribution is 2.42. The smallest absolute Gasteiger partial charge is 0.439 e. The highest BCUT2D eigenvalue weighted by molar-refractivity contribution is 7.10. The Labute approximate surface area is 159 Å². The highest BCUT2D eigenvalue weighted by Gasteiger charge is 2.42. The van der Waals surface area contributed by atoms with Crippen LogP contribution < -0.4 is 5.76 Å². The number of carboxylic acid groups (broad SMARTS) is 1. The lowest BCUT2D eigenvalue weighted by Crippen LogP contribution is -2.46. The summed E-state index contributed by atoms with van der Waals surface area (Å²) < 4.78 is 9.79. The number of hydrogen-bond donors (Lipinski definition) is 2. The predicted octanol–water partition coefficient (Wildman–Crippen LogP) is 4.09. The van der Waals surface area contributed by atoms with Crippen LogP contribution in [0, 0.1) is 5.41 Å². The summed E-state index contributed by atoms with van der Waals surface area (Å²) in [5, 5.41) is 15.0. The molecular weight excluding hydrogens is 374 g/mol. The largest absolute Gasteiger partial charge is 0.465 e. The Morgan fingerprint density at radius 3 is 2.37 bits per heavy atom. The molecule has 9 nitrogen and oxygen atoms in total. The molecule has 0 aliphatic heterocycles. The van der Waals surface area contributed by atoms with E-state index < -0.39 is 35.0 Å². The first-order valence-electron chi connectivity index (χ1n) is 8.19. The second-order valence-electron chi connectivity index (χ2n) is 8.08. The third kappa shape index (κ3) is 4.97. The van der Waals surface area contributed by atoms with Crippen LogP contribution in [0.2, 0.25) is 0 Å². The normalized spacial score (nSPS) is 13.3. The van der Waals surface area contributed by atoms with E-state index in [1.54, 1.807) is 32.2 Å². The fourth-order valence-corrected chi connectivity index (χ4v) is 3.75. The molecule has 2 N–H and O–H groups in total. The molecule has 0 radical (unpaired) electrons. The summed E-state index contributed by atoms with van der Waals surface area (Å²) in [4.78, 5) is 39.4. The Morgan fingerprint density at radius 2 is 1.93 bits per heavy atom. The maximum absolute atomic E-state index is 12.6. The van der Waals surface area contributed by atoms with Crippen LogP contribution in [0.5, 0.6) is 0 Å². The van der Waals surface area contributed by atoms with Gasteiger partial charge in [-0.25, -0.2) is 19.3 Å². The molecule has 27 heavy (non-hydrogen) atoms. The van der Waals surface area contributed by atoms with Gasteiger partial charge in [-0.05, 0) is 32.3 Å². The van der Waals surface area contributed by atoms with E-state index in [2.05, 4.69) is 14.7 Å². The lowest BCUT2D eigenvalue weighted by atomic mass is 9.84. The second-order valence-corrected chi connectivity index (χ2v) is 9.03. The number of hydrogen-bond acceptors (Lipinski definition) is 7. The van der Waals surface area contributed by atoms with Crippen LogP contribution in [0.3, 0.4) is 0 Å². The minimum Gasteiger partial charge on any atom is -0.465 e. The molecule has 0 aliphatic rings.